The number of carbonyl (C=O) groups excluding carboxylic acids is 1. The van der Waals surface area contributed by atoms with Crippen LogP contribution in [0.5, 0.6) is 5.75 Å². The van der Waals surface area contributed by atoms with Gasteiger partial charge in [0.2, 0.25) is 5.13 Å². The van der Waals surface area contributed by atoms with Gasteiger partial charge in [-0.3, -0.25) is 10.1 Å². The molecule has 2 heterocycles. The molecule has 0 saturated heterocycles. The van der Waals surface area contributed by atoms with E-state index in [2.05, 4.69) is 38.0 Å². The molecule has 0 bridgehead atoms. The lowest BCUT2D eigenvalue weighted by atomic mass is 10.2. The fraction of sp³-hybridized carbons (Fsp3) is 0.412. The Hall–Kier alpha value is -2.88. The van der Waals surface area contributed by atoms with Crippen molar-refractivity contribution in [2.24, 2.45) is 0 Å². The highest BCUT2D eigenvalue weighted by Crippen LogP contribution is 2.19. The van der Waals surface area contributed by atoms with Gasteiger partial charge in [0, 0.05) is 12.0 Å². The molecule has 0 aliphatic carbocycles. The van der Waals surface area contributed by atoms with Crippen molar-refractivity contribution in [3.05, 3.63) is 40.7 Å². The standard InChI is InChI=1S/C17H21N7O2S/c1-4-6-15-20-21-17(27-15)18-16(25)12-7-5-8-13(9-12)26-10-14-19-22-23-24(14)11(2)3/h5,7-9,11H,4,6,10H2,1-3H3,(H,18,21,25). The summed E-state index contributed by atoms with van der Waals surface area (Å²) in [6.07, 6.45) is 1.84. The van der Waals surface area contributed by atoms with Gasteiger partial charge in [0.25, 0.3) is 5.91 Å². The van der Waals surface area contributed by atoms with Gasteiger partial charge < -0.3 is 4.74 Å². The summed E-state index contributed by atoms with van der Waals surface area (Å²) in [5.41, 5.74) is 0.475. The van der Waals surface area contributed by atoms with Crippen LogP contribution in [-0.2, 0) is 13.0 Å². The van der Waals surface area contributed by atoms with Gasteiger partial charge in [-0.05, 0) is 48.9 Å². The fourth-order valence-corrected chi connectivity index (χ4v) is 3.21. The van der Waals surface area contributed by atoms with Gasteiger partial charge in [0.1, 0.15) is 17.4 Å². The molecular weight excluding hydrogens is 366 g/mol. The number of nitrogens with zero attached hydrogens (tertiary/aromatic N) is 6. The Morgan fingerprint density at radius 2 is 2.15 bits per heavy atom. The zero-order chi connectivity index (χ0) is 19.2. The van der Waals surface area contributed by atoms with Gasteiger partial charge in [-0.25, -0.2) is 4.68 Å². The monoisotopic (exact) mass is 387 g/mol. The van der Waals surface area contributed by atoms with Crippen LogP contribution < -0.4 is 10.1 Å². The van der Waals surface area contributed by atoms with Crippen LogP contribution >= 0.6 is 11.3 Å². The highest BCUT2D eigenvalue weighted by molar-refractivity contribution is 7.15. The number of rotatable bonds is 8. The van der Waals surface area contributed by atoms with E-state index in [1.165, 1.54) is 11.3 Å². The number of tetrazole rings is 1. The Morgan fingerprint density at radius 1 is 1.30 bits per heavy atom. The van der Waals surface area contributed by atoms with Gasteiger partial charge in [0.05, 0.1) is 6.04 Å². The van der Waals surface area contributed by atoms with Crippen LogP contribution in [0.4, 0.5) is 5.13 Å². The predicted molar refractivity (Wildman–Crippen MR) is 101 cm³/mol. The summed E-state index contributed by atoms with van der Waals surface area (Å²) in [7, 11) is 0. The van der Waals surface area contributed by atoms with Gasteiger partial charge in [-0.15, -0.1) is 15.3 Å². The van der Waals surface area contributed by atoms with Crippen molar-refractivity contribution >= 4 is 22.4 Å². The lowest BCUT2D eigenvalue weighted by Crippen LogP contribution is -2.12. The molecular formula is C17H21N7O2S. The average Bonchev–Trinajstić information content (AvgIpc) is 3.30. The fourth-order valence-electron chi connectivity index (χ4n) is 2.37. The number of hydrogen-bond donors (Lipinski definition) is 1. The van der Waals surface area contributed by atoms with E-state index in [0.29, 0.717) is 22.3 Å². The SMILES string of the molecule is CCCc1nnc(NC(=O)c2cccc(OCc3nnnn3C(C)C)c2)s1. The second-order valence-electron chi connectivity index (χ2n) is 6.16. The predicted octanol–water partition coefficient (Wildman–Crippen LogP) is 2.89. The minimum atomic E-state index is -0.258. The first kappa shape index (κ1) is 18.9. The first-order valence-corrected chi connectivity index (χ1v) is 9.51. The van der Waals surface area contributed by atoms with E-state index >= 15 is 0 Å². The van der Waals surface area contributed by atoms with Crippen LogP contribution in [0.15, 0.2) is 24.3 Å². The zero-order valence-corrected chi connectivity index (χ0v) is 16.2. The molecule has 0 saturated carbocycles. The molecule has 2 aromatic heterocycles. The van der Waals surface area contributed by atoms with Crippen molar-refractivity contribution < 1.29 is 9.53 Å². The summed E-state index contributed by atoms with van der Waals surface area (Å²) in [4.78, 5) is 12.4. The molecule has 10 heteroatoms. The second-order valence-corrected chi connectivity index (χ2v) is 7.22. The van der Waals surface area contributed by atoms with E-state index in [4.69, 9.17) is 4.74 Å². The van der Waals surface area contributed by atoms with Crippen molar-refractivity contribution in [2.75, 3.05) is 5.32 Å². The van der Waals surface area contributed by atoms with Crippen molar-refractivity contribution in [3.63, 3.8) is 0 Å². The third-order valence-electron chi connectivity index (χ3n) is 3.67. The molecule has 27 heavy (non-hydrogen) atoms. The van der Waals surface area contributed by atoms with Crippen LogP contribution in [0, 0.1) is 0 Å². The molecule has 0 radical (unpaired) electrons. The summed E-state index contributed by atoms with van der Waals surface area (Å²) < 4.78 is 7.44. The summed E-state index contributed by atoms with van der Waals surface area (Å²) in [5, 5.41) is 23.8. The molecule has 1 N–H and O–H groups in total. The van der Waals surface area contributed by atoms with Crippen LogP contribution in [0.2, 0.25) is 0 Å². The van der Waals surface area contributed by atoms with Gasteiger partial charge in [-0.2, -0.15) is 0 Å². The second kappa shape index (κ2) is 8.67. The van der Waals surface area contributed by atoms with E-state index in [9.17, 15) is 4.79 Å². The molecule has 0 spiro atoms. The van der Waals surface area contributed by atoms with Crippen LogP contribution in [0.3, 0.4) is 0 Å². The van der Waals surface area contributed by atoms with Gasteiger partial charge in [0.15, 0.2) is 5.82 Å². The van der Waals surface area contributed by atoms with Gasteiger partial charge >= 0.3 is 0 Å². The number of carbonyl (C=O) groups is 1. The lowest BCUT2D eigenvalue weighted by Gasteiger charge is -2.10. The largest absolute Gasteiger partial charge is 0.486 e. The van der Waals surface area contributed by atoms with Crippen molar-refractivity contribution in [2.45, 2.75) is 46.3 Å². The zero-order valence-electron chi connectivity index (χ0n) is 15.4. The summed E-state index contributed by atoms with van der Waals surface area (Å²) in [6, 6.07) is 7.07. The summed E-state index contributed by atoms with van der Waals surface area (Å²) in [5.74, 6) is 0.925. The lowest BCUT2D eigenvalue weighted by molar-refractivity contribution is 0.102. The Kier molecular flexibility index (Phi) is 6.07. The first-order valence-electron chi connectivity index (χ1n) is 8.70. The third kappa shape index (κ3) is 4.85. The summed E-state index contributed by atoms with van der Waals surface area (Å²) >= 11 is 1.39. The van der Waals surface area contributed by atoms with E-state index in [1.54, 1.807) is 28.9 Å². The molecule has 1 amide bonds. The average molecular weight is 387 g/mol. The maximum absolute atomic E-state index is 12.4. The van der Waals surface area contributed by atoms with E-state index in [0.717, 1.165) is 17.8 Å². The van der Waals surface area contributed by atoms with E-state index < -0.39 is 0 Å². The molecule has 1 aromatic carbocycles. The van der Waals surface area contributed by atoms with Crippen LogP contribution in [0.25, 0.3) is 0 Å². The molecule has 0 aliphatic heterocycles. The molecule has 0 fully saturated rings. The quantitative estimate of drug-likeness (QED) is 0.633. The Labute approximate surface area is 160 Å². The van der Waals surface area contributed by atoms with Crippen molar-refractivity contribution in [1.29, 1.82) is 0 Å². The Morgan fingerprint density at radius 3 is 2.93 bits per heavy atom. The molecule has 142 valence electrons. The minimum absolute atomic E-state index is 0.139. The maximum atomic E-state index is 12.4. The highest BCUT2D eigenvalue weighted by Gasteiger charge is 2.13. The Balaban J connectivity index is 1.63. The van der Waals surface area contributed by atoms with Crippen molar-refractivity contribution in [1.82, 2.24) is 30.4 Å². The van der Waals surface area contributed by atoms with Crippen LogP contribution in [0.1, 0.15) is 54.4 Å². The molecule has 0 atom stereocenters. The third-order valence-corrected chi connectivity index (χ3v) is 4.56. The van der Waals surface area contributed by atoms with Gasteiger partial charge in [-0.1, -0.05) is 24.3 Å². The number of benzene rings is 1. The number of anilines is 1. The summed E-state index contributed by atoms with van der Waals surface area (Å²) in [6.45, 7) is 6.27. The smallest absolute Gasteiger partial charge is 0.257 e. The maximum Gasteiger partial charge on any atom is 0.257 e. The first-order chi connectivity index (χ1) is 13.1. The highest BCUT2D eigenvalue weighted by atomic mass is 32.1. The topological polar surface area (TPSA) is 108 Å². The molecule has 3 rings (SSSR count). The molecule has 0 aliphatic rings. The molecule has 0 unspecified atom stereocenters. The number of aromatic nitrogens is 6. The molecule has 3 aromatic rings. The number of hydrogen-bond acceptors (Lipinski definition) is 8. The number of aryl methyl sites for hydroxylation is 1. The number of ether oxygens (including phenoxy) is 1. The van der Waals surface area contributed by atoms with E-state index in [1.807, 2.05) is 13.8 Å². The van der Waals surface area contributed by atoms with Crippen LogP contribution in [-0.4, -0.2) is 36.3 Å². The number of amides is 1. The number of nitrogens with one attached hydrogen (secondary N) is 1. The molecule has 9 nitrogen and oxygen atoms in total. The minimum Gasteiger partial charge on any atom is -0.486 e. The van der Waals surface area contributed by atoms with E-state index in [-0.39, 0.29) is 18.6 Å². The Bertz CT molecular complexity index is 906. The normalized spacial score (nSPS) is 11.0. The van der Waals surface area contributed by atoms with Crippen molar-refractivity contribution in [3.8, 4) is 5.75 Å².